The van der Waals surface area contributed by atoms with Gasteiger partial charge >= 0.3 is 5.97 Å². The molecule has 0 atom stereocenters. The summed E-state index contributed by atoms with van der Waals surface area (Å²) in [7, 11) is 0. The van der Waals surface area contributed by atoms with Crippen LogP contribution in [0.25, 0.3) is 0 Å². The lowest BCUT2D eigenvalue weighted by molar-refractivity contribution is -0.131. The summed E-state index contributed by atoms with van der Waals surface area (Å²) >= 11 is 0. The highest BCUT2D eigenvalue weighted by Gasteiger charge is 2.27. The van der Waals surface area contributed by atoms with Crippen LogP contribution in [0.3, 0.4) is 0 Å². The number of carbonyl (C=O) groups is 2. The molecular formula is C17H19N3O4. The summed E-state index contributed by atoms with van der Waals surface area (Å²) in [5.41, 5.74) is 0.917. The quantitative estimate of drug-likeness (QED) is 0.922. The molecule has 0 spiro atoms. The van der Waals surface area contributed by atoms with E-state index in [0.717, 1.165) is 18.4 Å². The lowest BCUT2D eigenvalue weighted by Crippen LogP contribution is -2.38. The van der Waals surface area contributed by atoms with Crippen molar-refractivity contribution in [2.24, 2.45) is 0 Å². The SMILES string of the molecule is Cc1noc(C2CCN(C(=O)Cc3cccc(C(=O)O)c3)CC2)n1. The molecule has 1 aliphatic heterocycles. The molecule has 1 aliphatic rings. The van der Waals surface area contributed by atoms with Gasteiger partial charge in [0.25, 0.3) is 0 Å². The molecule has 0 radical (unpaired) electrons. The molecule has 2 aromatic rings. The fourth-order valence-corrected chi connectivity index (χ4v) is 2.96. The Labute approximate surface area is 139 Å². The number of rotatable bonds is 4. The second kappa shape index (κ2) is 6.82. The number of carboxylic acids is 1. The van der Waals surface area contributed by atoms with Crippen molar-refractivity contribution in [3.63, 3.8) is 0 Å². The number of aromatic carboxylic acids is 1. The van der Waals surface area contributed by atoms with Crippen molar-refractivity contribution in [2.75, 3.05) is 13.1 Å². The zero-order valence-corrected chi connectivity index (χ0v) is 13.4. The van der Waals surface area contributed by atoms with Gasteiger partial charge in [-0.25, -0.2) is 4.79 Å². The molecule has 0 saturated carbocycles. The molecule has 0 bridgehead atoms. The van der Waals surface area contributed by atoms with Gasteiger partial charge in [0.2, 0.25) is 11.8 Å². The molecule has 1 aromatic carbocycles. The Bertz CT molecular complexity index is 748. The lowest BCUT2D eigenvalue weighted by atomic mass is 9.96. The first-order chi connectivity index (χ1) is 11.5. The highest BCUT2D eigenvalue weighted by atomic mass is 16.5. The molecule has 1 amide bonds. The molecule has 7 heteroatoms. The first kappa shape index (κ1) is 16.2. The van der Waals surface area contributed by atoms with Crippen LogP contribution in [-0.4, -0.2) is 45.1 Å². The maximum atomic E-state index is 12.4. The van der Waals surface area contributed by atoms with E-state index in [1.54, 1.807) is 25.1 Å². The van der Waals surface area contributed by atoms with Crippen LogP contribution in [0.2, 0.25) is 0 Å². The number of carbonyl (C=O) groups excluding carboxylic acids is 1. The molecule has 1 N–H and O–H groups in total. The maximum Gasteiger partial charge on any atom is 0.335 e. The third-order valence-corrected chi connectivity index (χ3v) is 4.27. The molecule has 3 rings (SSSR count). The smallest absolute Gasteiger partial charge is 0.335 e. The Hall–Kier alpha value is -2.70. The van der Waals surface area contributed by atoms with E-state index in [2.05, 4.69) is 10.1 Å². The highest BCUT2D eigenvalue weighted by molar-refractivity contribution is 5.88. The number of aromatic nitrogens is 2. The summed E-state index contributed by atoms with van der Waals surface area (Å²) in [6.07, 6.45) is 1.80. The van der Waals surface area contributed by atoms with Crippen molar-refractivity contribution in [3.05, 3.63) is 47.1 Å². The largest absolute Gasteiger partial charge is 0.478 e. The minimum atomic E-state index is -0.986. The van der Waals surface area contributed by atoms with Crippen LogP contribution in [0, 0.1) is 6.92 Å². The summed E-state index contributed by atoms with van der Waals surface area (Å²) in [6.45, 7) is 3.07. The molecule has 0 unspecified atom stereocenters. The van der Waals surface area contributed by atoms with Crippen LogP contribution < -0.4 is 0 Å². The van der Waals surface area contributed by atoms with Crippen LogP contribution >= 0.6 is 0 Å². The van der Waals surface area contributed by atoms with Crippen LogP contribution in [0.4, 0.5) is 0 Å². The third kappa shape index (κ3) is 3.61. The third-order valence-electron chi connectivity index (χ3n) is 4.27. The van der Waals surface area contributed by atoms with E-state index >= 15 is 0 Å². The van der Waals surface area contributed by atoms with Crippen molar-refractivity contribution >= 4 is 11.9 Å². The Morgan fingerprint density at radius 1 is 1.33 bits per heavy atom. The van der Waals surface area contributed by atoms with Crippen LogP contribution in [0.5, 0.6) is 0 Å². The average molecular weight is 329 g/mol. The van der Waals surface area contributed by atoms with Gasteiger partial charge < -0.3 is 14.5 Å². The predicted molar refractivity (Wildman–Crippen MR) is 84.7 cm³/mol. The van der Waals surface area contributed by atoms with Crippen molar-refractivity contribution in [2.45, 2.75) is 32.1 Å². The van der Waals surface area contributed by atoms with E-state index in [-0.39, 0.29) is 23.8 Å². The average Bonchev–Trinajstić information content (AvgIpc) is 3.01. The van der Waals surface area contributed by atoms with Crippen molar-refractivity contribution in [1.29, 1.82) is 0 Å². The maximum absolute atomic E-state index is 12.4. The Morgan fingerprint density at radius 3 is 2.71 bits per heavy atom. The Morgan fingerprint density at radius 2 is 2.08 bits per heavy atom. The van der Waals surface area contributed by atoms with Gasteiger partial charge in [-0.3, -0.25) is 4.79 Å². The van der Waals surface area contributed by atoms with E-state index in [9.17, 15) is 9.59 Å². The normalized spacial score (nSPS) is 15.5. The second-order valence-electron chi connectivity index (χ2n) is 6.02. The van der Waals surface area contributed by atoms with Crippen LogP contribution in [0.1, 0.15) is 46.4 Å². The lowest BCUT2D eigenvalue weighted by Gasteiger charge is -2.30. The fraction of sp³-hybridized carbons (Fsp3) is 0.412. The Balaban J connectivity index is 1.57. The molecule has 126 valence electrons. The molecule has 2 heterocycles. The molecule has 7 nitrogen and oxygen atoms in total. The number of carboxylic acid groups (broad SMARTS) is 1. The number of nitrogens with zero attached hydrogens (tertiary/aromatic N) is 3. The summed E-state index contributed by atoms with van der Waals surface area (Å²) in [5.74, 6) is 0.499. The predicted octanol–water partition coefficient (Wildman–Crippen LogP) is 2.02. The van der Waals surface area contributed by atoms with Crippen molar-refractivity contribution in [1.82, 2.24) is 15.0 Å². The topological polar surface area (TPSA) is 96.5 Å². The first-order valence-electron chi connectivity index (χ1n) is 7.93. The number of piperidine rings is 1. The molecule has 1 saturated heterocycles. The van der Waals surface area contributed by atoms with E-state index < -0.39 is 5.97 Å². The van der Waals surface area contributed by atoms with Gasteiger partial charge in [0.15, 0.2) is 5.82 Å². The van der Waals surface area contributed by atoms with E-state index in [4.69, 9.17) is 9.63 Å². The van der Waals surface area contributed by atoms with Gasteiger partial charge in [-0.1, -0.05) is 17.3 Å². The van der Waals surface area contributed by atoms with Gasteiger partial charge in [-0.05, 0) is 37.5 Å². The van der Waals surface area contributed by atoms with Crippen LogP contribution in [0.15, 0.2) is 28.8 Å². The summed E-state index contributed by atoms with van der Waals surface area (Å²) in [6, 6.07) is 6.51. The van der Waals surface area contributed by atoms with E-state index in [1.807, 2.05) is 4.90 Å². The fourth-order valence-electron chi connectivity index (χ4n) is 2.96. The number of amides is 1. The standard InChI is InChI=1S/C17H19N3O4/c1-11-18-16(24-19-11)13-5-7-20(8-6-13)15(21)10-12-3-2-4-14(9-12)17(22)23/h2-4,9,13H,5-8,10H2,1H3,(H,22,23). The molecule has 1 aromatic heterocycles. The van der Waals surface area contributed by atoms with E-state index in [0.29, 0.717) is 24.8 Å². The second-order valence-corrected chi connectivity index (χ2v) is 6.02. The van der Waals surface area contributed by atoms with Gasteiger partial charge in [-0.2, -0.15) is 4.98 Å². The first-order valence-corrected chi connectivity index (χ1v) is 7.93. The van der Waals surface area contributed by atoms with Gasteiger partial charge in [0.05, 0.1) is 12.0 Å². The number of benzene rings is 1. The minimum absolute atomic E-state index is 0.0118. The van der Waals surface area contributed by atoms with Crippen molar-refractivity contribution in [3.8, 4) is 0 Å². The molecule has 1 fully saturated rings. The zero-order valence-electron chi connectivity index (χ0n) is 13.4. The molecular weight excluding hydrogens is 310 g/mol. The summed E-state index contributed by atoms with van der Waals surface area (Å²) < 4.78 is 5.21. The summed E-state index contributed by atoms with van der Waals surface area (Å²) in [5, 5.41) is 12.8. The number of aryl methyl sites for hydroxylation is 1. The Kier molecular flexibility index (Phi) is 4.59. The van der Waals surface area contributed by atoms with Gasteiger partial charge in [0, 0.05) is 19.0 Å². The van der Waals surface area contributed by atoms with Crippen LogP contribution in [-0.2, 0) is 11.2 Å². The molecule has 0 aliphatic carbocycles. The number of likely N-dealkylation sites (tertiary alicyclic amines) is 1. The summed E-state index contributed by atoms with van der Waals surface area (Å²) in [4.78, 5) is 29.5. The molecule has 24 heavy (non-hydrogen) atoms. The van der Waals surface area contributed by atoms with E-state index in [1.165, 1.54) is 6.07 Å². The zero-order chi connectivity index (χ0) is 17.1. The van der Waals surface area contributed by atoms with Crippen molar-refractivity contribution < 1.29 is 19.2 Å². The minimum Gasteiger partial charge on any atom is -0.478 e. The van der Waals surface area contributed by atoms with Gasteiger partial charge in [0.1, 0.15) is 0 Å². The number of hydrogen-bond donors (Lipinski definition) is 1. The van der Waals surface area contributed by atoms with Gasteiger partial charge in [-0.15, -0.1) is 0 Å². The highest BCUT2D eigenvalue weighted by Crippen LogP contribution is 2.27. The number of hydrogen-bond acceptors (Lipinski definition) is 5. The monoisotopic (exact) mass is 329 g/mol.